The van der Waals surface area contributed by atoms with Gasteiger partial charge in [-0.2, -0.15) is 20.4 Å². The minimum absolute atomic E-state index is 0.00194. The van der Waals surface area contributed by atoms with Gasteiger partial charge in [0.1, 0.15) is 19.7 Å². The monoisotopic (exact) mass is 1960 g/mol. The number of anilines is 6. The second-order valence-electron chi connectivity index (χ2n) is 24.8. The Morgan fingerprint density at radius 1 is 0.328 bits per heavy atom. The number of halogens is 2. The molecule has 0 fully saturated rings. The quantitative estimate of drug-likeness (QED) is 0.0142. The Labute approximate surface area is 766 Å². The zero-order chi connectivity index (χ0) is 92.9. The lowest BCUT2D eigenvalue weighted by Gasteiger charge is -2.02. The summed E-state index contributed by atoms with van der Waals surface area (Å²) in [4.78, 5) is 131. The minimum Gasteiger partial charge on any atom is -0.400 e. The number of rotatable bonds is 26. The predicted octanol–water partition coefficient (Wildman–Crippen LogP) is 20.5. The number of carbonyl (C=O) groups is 2. The molecule has 662 valence electrons. The summed E-state index contributed by atoms with van der Waals surface area (Å²) in [6.45, 7) is 1.98. The van der Waals surface area contributed by atoms with Gasteiger partial charge < -0.3 is 17.7 Å². The van der Waals surface area contributed by atoms with Crippen LogP contribution in [0.4, 0.5) is 75.7 Å². The Morgan fingerprint density at radius 2 is 0.656 bits per heavy atom. The first-order valence-corrected chi connectivity index (χ1v) is 42.9. The summed E-state index contributed by atoms with van der Waals surface area (Å²) < 4.78 is 24.6. The van der Waals surface area contributed by atoms with Gasteiger partial charge in [-0.15, -0.1) is 0 Å². The minimum atomic E-state index is -0.711. The van der Waals surface area contributed by atoms with Crippen molar-refractivity contribution in [2.45, 2.75) is 6.92 Å². The number of thiazole rings is 6. The van der Waals surface area contributed by atoms with Gasteiger partial charge in [-0.05, 0) is 122 Å². The number of carbonyl (C=O) groups excluding carboxylic acids is 2. The lowest BCUT2D eigenvalue weighted by atomic mass is 10.2. The van der Waals surface area contributed by atoms with Crippen LogP contribution in [0.2, 0.25) is 10.0 Å². The number of nitrogens with zero attached hydrogens (tertiary/aromatic N) is 18. The fraction of sp³-hybridized carbons (Fsp3) is 0.0137. The maximum Gasteiger partial charge on any atom is 0.433 e. The van der Waals surface area contributed by atoms with E-state index in [9.17, 15) is 90.5 Å². The molecule has 0 saturated carbocycles. The molecule has 131 heavy (non-hydrogen) atoms. The van der Waals surface area contributed by atoms with E-state index in [1.807, 2.05) is 73.7 Å². The van der Waals surface area contributed by atoms with Gasteiger partial charge in [0.2, 0.25) is 42.3 Å². The molecule has 8 N–H and O–H groups in total. The van der Waals surface area contributed by atoms with Crippen LogP contribution >= 0.6 is 114 Å². The Kier molecular flexibility index (Phi) is 29.9. The van der Waals surface area contributed by atoms with Gasteiger partial charge in [0.25, 0.3) is 11.4 Å². The van der Waals surface area contributed by atoms with Crippen molar-refractivity contribution in [3.05, 3.63) is 317 Å². The molecule has 6 aromatic carbocycles. The molecule has 0 aliphatic carbocycles. The number of nitro groups is 8. The fourth-order valence-electron chi connectivity index (χ4n) is 10.1. The molecule has 18 aromatic rings. The number of para-hydroxylation sites is 1. The summed E-state index contributed by atoms with van der Waals surface area (Å²) in [6, 6.07) is 49.1. The van der Waals surface area contributed by atoms with Gasteiger partial charge in [-0.1, -0.05) is 132 Å². The van der Waals surface area contributed by atoms with Crippen molar-refractivity contribution in [2.24, 2.45) is 20.4 Å². The van der Waals surface area contributed by atoms with E-state index in [-0.39, 0.29) is 56.2 Å². The third kappa shape index (κ3) is 25.4. The SMILES string of the molecule is Cc1ccc2nc(NNC(=O)c3ccc([N+](=O)[O-])o3)sc2c1.O=C(NNc1nc2ccccc2s1)c1ccc([N+](=O)[O-])o1.O=[N+]([O-])c1ccc(/C=N\Nc2nc3ccc(Cl)cc3s2)o1.O=[N+]([O-])c1ccc(/C=N\Nc2nc3ccc(Cl)cc3s2)s1.O=[N+]([O-])c1ccc2nc(N/N=C\c3ccc([N+](=O)[O-])o3)sc2c1.O=[N+]([O-])c1ccc2nc(N/N=C\c3ccc([N+](=O)[O-])s3)sc2c1. The number of hydrazone groups is 4. The van der Waals surface area contributed by atoms with Crippen molar-refractivity contribution in [1.82, 2.24) is 40.8 Å². The van der Waals surface area contributed by atoms with Crippen molar-refractivity contribution in [1.29, 1.82) is 0 Å². The molecule has 0 aliphatic heterocycles. The molecule has 0 saturated heterocycles. The van der Waals surface area contributed by atoms with Crippen molar-refractivity contribution in [3.63, 3.8) is 0 Å². The number of non-ortho nitro benzene ring substituents is 2. The lowest BCUT2D eigenvalue weighted by molar-refractivity contribution is -0.402. The fourth-order valence-corrected chi connectivity index (χ4v) is 17.1. The van der Waals surface area contributed by atoms with E-state index in [1.54, 1.807) is 36.4 Å². The summed E-state index contributed by atoms with van der Waals surface area (Å²) in [5.41, 5.74) is 26.6. The molecule has 2 amide bonds. The van der Waals surface area contributed by atoms with Gasteiger partial charge in [0, 0.05) is 46.4 Å². The molecular formula is C73H46Cl2N26O22S8. The molecule has 18 rings (SSSR count). The van der Waals surface area contributed by atoms with Crippen LogP contribution < -0.4 is 43.4 Å². The van der Waals surface area contributed by atoms with Gasteiger partial charge in [0.15, 0.2) is 11.5 Å². The first-order valence-electron chi connectivity index (χ1n) is 35.6. The Hall–Kier alpha value is -16.6. The molecule has 48 nitrogen and oxygen atoms in total. The highest BCUT2D eigenvalue weighted by atomic mass is 35.5. The van der Waals surface area contributed by atoms with Crippen LogP contribution in [0.5, 0.6) is 0 Å². The molecule has 0 atom stereocenters. The van der Waals surface area contributed by atoms with Crippen LogP contribution in [0.25, 0.3) is 61.3 Å². The van der Waals surface area contributed by atoms with Crippen LogP contribution in [0.15, 0.2) is 226 Å². The van der Waals surface area contributed by atoms with E-state index >= 15 is 0 Å². The second kappa shape index (κ2) is 42.6. The third-order valence-electron chi connectivity index (χ3n) is 15.8. The molecule has 0 spiro atoms. The molecule has 12 aromatic heterocycles. The van der Waals surface area contributed by atoms with Gasteiger partial charge in [0.05, 0.1) is 140 Å². The third-order valence-corrected chi connectivity index (χ3v) is 23.8. The van der Waals surface area contributed by atoms with Crippen molar-refractivity contribution in [2.75, 3.05) is 32.6 Å². The zero-order valence-corrected chi connectivity index (χ0v) is 72.8. The Bertz CT molecular complexity index is 7160. The normalized spacial score (nSPS) is 11.0. The highest BCUT2D eigenvalue weighted by molar-refractivity contribution is 7.24. The molecule has 0 aliphatic rings. The number of aromatic nitrogens is 6. The highest BCUT2D eigenvalue weighted by Gasteiger charge is 2.22. The molecule has 0 radical (unpaired) electrons. The Balaban J connectivity index is 0.000000134. The molecule has 12 heterocycles. The van der Waals surface area contributed by atoms with Crippen molar-refractivity contribution < 1.29 is 66.6 Å². The molecule has 0 unspecified atom stereocenters. The van der Waals surface area contributed by atoms with E-state index < -0.39 is 63.0 Å². The van der Waals surface area contributed by atoms with Gasteiger partial charge >= 0.3 is 45.4 Å². The highest BCUT2D eigenvalue weighted by Crippen LogP contribution is 2.35. The smallest absolute Gasteiger partial charge is 0.400 e. The number of benzene rings is 6. The summed E-state index contributed by atoms with van der Waals surface area (Å²) >= 11 is 21.9. The maximum absolute atomic E-state index is 11.8. The van der Waals surface area contributed by atoms with E-state index in [1.165, 1.54) is 166 Å². The number of hydrogen-bond donors (Lipinski definition) is 8. The van der Waals surface area contributed by atoms with Gasteiger partial charge in [-0.3, -0.25) is 134 Å². The largest absolute Gasteiger partial charge is 0.433 e. The number of aryl methyl sites for hydroxylation is 1. The molecule has 58 heteroatoms. The van der Waals surface area contributed by atoms with Crippen molar-refractivity contribution >= 4 is 288 Å². The first kappa shape index (κ1) is 92.1. The second-order valence-corrected chi connectivity index (χ2v) is 34.0. The average molecular weight is 1970 g/mol. The maximum atomic E-state index is 11.8. The molecule has 0 bridgehead atoms. The number of hydrazine groups is 2. The van der Waals surface area contributed by atoms with Crippen LogP contribution in [0.3, 0.4) is 0 Å². The van der Waals surface area contributed by atoms with Crippen LogP contribution in [-0.4, -0.2) is 106 Å². The van der Waals surface area contributed by atoms with E-state index in [0.29, 0.717) is 71.0 Å². The number of amides is 2. The zero-order valence-electron chi connectivity index (χ0n) is 64.8. The van der Waals surface area contributed by atoms with Gasteiger partial charge in [-0.25, -0.2) is 29.9 Å². The number of nitrogens with one attached hydrogen (secondary N) is 8. The van der Waals surface area contributed by atoms with E-state index in [0.717, 1.165) is 81.2 Å². The van der Waals surface area contributed by atoms with E-state index in [4.69, 9.17) is 40.9 Å². The Morgan fingerprint density at radius 3 is 1.02 bits per heavy atom. The summed E-state index contributed by atoms with van der Waals surface area (Å²) in [5.74, 6) is -2.75. The van der Waals surface area contributed by atoms with E-state index in [2.05, 4.69) is 93.7 Å². The van der Waals surface area contributed by atoms with Crippen LogP contribution in [-0.2, 0) is 0 Å². The topological polar surface area (TPSA) is 655 Å². The van der Waals surface area contributed by atoms with Crippen LogP contribution in [0.1, 0.15) is 47.9 Å². The summed E-state index contributed by atoms with van der Waals surface area (Å²) in [7, 11) is 0. The van der Waals surface area contributed by atoms with Crippen LogP contribution in [0, 0.1) is 87.8 Å². The summed E-state index contributed by atoms with van der Waals surface area (Å²) in [6.07, 6.45) is 5.58. The predicted molar refractivity (Wildman–Crippen MR) is 496 cm³/mol. The number of thiophene rings is 2. The number of nitro benzene ring substituents is 2. The van der Waals surface area contributed by atoms with Crippen molar-refractivity contribution in [3.8, 4) is 0 Å². The first-order chi connectivity index (χ1) is 62.9. The number of fused-ring (bicyclic) bond motifs is 6. The average Bonchev–Trinajstić information content (AvgIpc) is 1.70. The molecular weight excluding hydrogens is 1920 g/mol. The standard InChI is InChI=1S/C13H10N4O4S.C12H7ClN4O3S.C12H7ClN4O2S2.C12H7N5O5S.C12H7N5O4S2.C12H8N4O4S/c1-7-2-3-8-10(6-7)22-13(14-8)16-15-12(18)9-4-5-11(21-9)17(19)20;2*13-7-1-3-9-10(5-7)21-12(15-9)16-14-6-8-2-4-11(20-8)17(18)19;2*18-16(19)7-1-3-9-10(5-7)23-12(14-9)15-13-6-8-2-4-11(22-8)17(20)21;17-11(8-5-6-10(20-8)16(18)19)14-15-12-13-7-3-1-2-4-9(7)21-12/h2-6H,1H3,(H,14,16)(H,15,18);2*1-6H,(H,15,16);2*1-6H,(H,14,15);1-6H,(H,13,15)(H,14,17)/b;2*14-6-;2*13-6-;. The number of hydrogen-bond acceptors (Lipinski definition) is 46. The number of furan rings is 4. The summed E-state index contributed by atoms with van der Waals surface area (Å²) in [5, 5.41) is 105. The lowest BCUT2D eigenvalue weighted by Crippen LogP contribution is -2.28.